The van der Waals surface area contributed by atoms with E-state index in [1.54, 1.807) is 7.05 Å². The number of nitrogens with zero attached hydrogens (tertiary/aromatic N) is 4. The van der Waals surface area contributed by atoms with E-state index >= 15 is 0 Å². The summed E-state index contributed by atoms with van der Waals surface area (Å²) in [5, 5.41) is 11.0. The molecule has 0 saturated carbocycles. The maximum absolute atomic E-state index is 12.6. The van der Waals surface area contributed by atoms with Gasteiger partial charge in [-0.25, -0.2) is 4.98 Å². The van der Waals surface area contributed by atoms with E-state index in [1.165, 1.54) is 4.90 Å². The lowest BCUT2D eigenvalue weighted by molar-refractivity contribution is -0.384. The van der Waals surface area contributed by atoms with Crippen LogP contribution < -0.4 is 4.90 Å². The molecule has 0 aliphatic carbocycles. The van der Waals surface area contributed by atoms with Crippen LogP contribution in [0, 0.1) is 10.1 Å². The molecule has 0 aromatic carbocycles. The second kappa shape index (κ2) is 6.70. The molecule has 118 valence electrons. The second-order valence-electron chi connectivity index (χ2n) is 4.90. The van der Waals surface area contributed by atoms with E-state index in [-0.39, 0.29) is 5.82 Å². The quantitative estimate of drug-likeness (QED) is 0.596. The SMILES string of the molecule is CN(C)CCCN(C)c1ncc(C(F)(F)F)cc1[N+](=O)[O-]. The van der Waals surface area contributed by atoms with Gasteiger partial charge in [-0.2, -0.15) is 13.2 Å². The molecule has 0 atom stereocenters. The average Bonchev–Trinajstić information content (AvgIpc) is 2.36. The first-order chi connectivity index (χ1) is 9.62. The molecule has 0 spiro atoms. The Bertz CT molecular complexity index is 506. The van der Waals surface area contributed by atoms with Gasteiger partial charge in [0.25, 0.3) is 0 Å². The van der Waals surface area contributed by atoms with Gasteiger partial charge < -0.3 is 9.80 Å². The van der Waals surface area contributed by atoms with Crippen LogP contribution >= 0.6 is 0 Å². The van der Waals surface area contributed by atoms with Crippen LogP contribution in [0.4, 0.5) is 24.7 Å². The Kier molecular flexibility index (Phi) is 5.47. The fraction of sp³-hybridized carbons (Fsp3) is 0.583. The minimum atomic E-state index is -4.65. The highest BCUT2D eigenvalue weighted by Gasteiger charge is 2.34. The number of alkyl halides is 3. The molecule has 1 rings (SSSR count). The number of anilines is 1. The van der Waals surface area contributed by atoms with Crippen molar-refractivity contribution in [3.8, 4) is 0 Å². The van der Waals surface area contributed by atoms with Crippen LogP contribution in [0.2, 0.25) is 0 Å². The number of nitro groups is 1. The van der Waals surface area contributed by atoms with Crippen LogP contribution in [0.15, 0.2) is 12.3 Å². The molecule has 0 amide bonds. The number of pyridine rings is 1. The summed E-state index contributed by atoms with van der Waals surface area (Å²) in [4.78, 5) is 17.2. The van der Waals surface area contributed by atoms with Crippen LogP contribution in [0.25, 0.3) is 0 Å². The van der Waals surface area contributed by atoms with E-state index < -0.39 is 22.4 Å². The molecule has 0 bridgehead atoms. The fourth-order valence-corrected chi connectivity index (χ4v) is 1.76. The monoisotopic (exact) mass is 306 g/mol. The first-order valence-electron chi connectivity index (χ1n) is 6.20. The van der Waals surface area contributed by atoms with E-state index in [1.807, 2.05) is 19.0 Å². The van der Waals surface area contributed by atoms with E-state index in [2.05, 4.69) is 4.98 Å². The van der Waals surface area contributed by atoms with Crippen molar-refractivity contribution in [2.75, 3.05) is 39.1 Å². The highest BCUT2D eigenvalue weighted by atomic mass is 19.4. The molecule has 0 aliphatic heterocycles. The van der Waals surface area contributed by atoms with Crippen molar-refractivity contribution < 1.29 is 18.1 Å². The smallest absolute Gasteiger partial charge is 0.354 e. The molecule has 1 heterocycles. The fourth-order valence-electron chi connectivity index (χ4n) is 1.76. The van der Waals surface area contributed by atoms with Gasteiger partial charge in [0.05, 0.1) is 10.5 Å². The zero-order valence-electron chi connectivity index (χ0n) is 12.0. The predicted molar refractivity (Wildman–Crippen MR) is 72.3 cm³/mol. The molecular weight excluding hydrogens is 289 g/mol. The summed E-state index contributed by atoms with van der Waals surface area (Å²) in [5.74, 6) is -0.0632. The third-order valence-electron chi connectivity index (χ3n) is 2.83. The standard InChI is InChI=1S/C12H17F3N4O2/c1-17(2)5-4-6-18(3)11-10(19(20)21)7-9(8-16-11)12(13,14)15/h7-8H,4-6H2,1-3H3. The van der Waals surface area contributed by atoms with E-state index in [0.717, 1.165) is 6.54 Å². The molecule has 1 aromatic rings. The van der Waals surface area contributed by atoms with Crippen molar-refractivity contribution in [2.24, 2.45) is 0 Å². The Balaban J connectivity index is 2.98. The minimum Gasteiger partial charge on any atom is -0.354 e. The highest BCUT2D eigenvalue weighted by Crippen LogP contribution is 2.34. The molecule has 21 heavy (non-hydrogen) atoms. The number of rotatable bonds is 6. The van der Waals surface area contributed by atoms with Gasteiger partial charge in [0.1, 0.15) is 0 Å². The summed E-state index contributed by atoms with van der Waals surface area (Å²) in [6.45, 7) is 1.22. The van der Waals surface area contributed by atoms with Crippen molar-refractivity contribution >= 4 is 11.5 Å². The molecule has 0 aliphatic rings. The normalized spacial score (nSPS) is 11.8. The predicted octanol–water partition coefficient (Wildman–Crippen LogP) is 2.40. The van der Waals surface area contributed by atoms with Crippen LogP contribution in [0.3, 0.4) is 0 Å². The van der Waals surface area contributed by atoms with E-state index in [0.29, 0.717) is 25.2 Å². The Morgan fingerprint density at radius 1 is 1.29 bits per heavy atom. The summed E-state index contributed by atoms with van der Waals surface area (Å²) in [7, 11) is 5.34. The summed E-state index contributed by atoms with van der Waals surface area (Å²) < 4.78 is 37.7. The Labute approximate surface area is 120 Å². The highest BCUT2D eigenvalue weighted by molar-refractivity contribution is 5.58. The van der Waals surface area contributed by atoms with Crippen molar-refractivity contribution in [3.05, 3.63) is 27.9 Å². The first-order valence-corrected chi connectivity index (χ1v) is 6.20. The lowest BCUT2D eigenvalue weighted by atomic mass is 10.2. The second-order valence-corrected chi connectivity index (χ2v) is 4.90. The largest absolute Gasteiger partial charge is 0.418 e. The van der Waals surface area contributed by atoms with Crippen LogP contribution in [0.1, 0.15) is 12.0 Å². The summed E-state index contributed by atoms with van der Waals surface area (Å²) in [5.41, 5.74) is -1.77. The van der Waals surface area contributed by atoms with Gasteiger partial charge in [-0.1, -0.05) is 0 Å². The Morgan fingerprint density at radius 2 is 1.90 bits per heavy atom. The Morgan fingerprint density at radius 3 is 2.38 bits per heavy atom. The van der Waals surface area contributed by atoms with Gasteiger partial charge >= 0.3 is 11.9 Å². The van der Waals surface area contributed by atoms with Crippen molar-refractivity contribution in [1.29, 1.82) is 0 Å². The molecule has 0 radical (unpaired) electrons. The molecule has 9 heteroatoms. The maximum atomic E-state index is 12.6. The zero-order chi connectivity index (χ0) is 16.2. The van der Waals surface area contributed by atoms with Crippen LogP contribution in [-0.4, -0.2) is 49.0 Å². The van der Waals surface area contributed by atoms with E-state index in [9.17, 15) is 23.3 Å². The minimum absolute atomic E-state index is 0.0632. The molecule has 1 aromatic heterocycles. The number of halogens is 3. The average molecular weight is 306 g/mol. The molecule has 0 N–H and O–H groups in total. The third kappa shape index (κ3) is 4.85. The summed E-state index contributed by atoms with van der Waals surface area (Å²) in [6.07, 6.45) is -3.33. The van der Waals surface area contributed by atoms with Gasteiger partial charge in [-0.3, -0.25) is 10.1 Å². The molecule has 6 nitrogen and oxygen atoms in total. The third-order valence-corrected chi connectivity index (χ3v) is 2.83. The summed E-state index contributed by atoms with van der Waals surface area (Å²) >= 11 is 0. The zero-order valence-corrected chi connectivity index (χ0v) is 12.0. The van der Waals surface area contributed by atoms with E-state index in [4.69, 9.17) is 0 Å². The van der Waals surface area contributed by atoms with Gasteiger partial charge in [-0.05, 0) is 27.1 Å². The molecule has 0 saturated heterocycles. The van der Waals surface area contributed by atoms with Gasteiger partial charge in [0.2, 0.25) is 5.82 Å². The molecule has 0 fully saturated rings. The molecular formula is C12H17F3N4O2. The summed E-state index contributed by atoms with van der Waals surface area (Å²) in [6, 6.07) is 0.519. The molecule has 0 unspecified atom stereocenters. The van der Waals surface area contributed by atoms with Crippen molar-refractivity contribution in [3.63, 3.8) is 0 Å². The lowest BCUT2D eigenvalue weighted by Crippen LogP contribution is -2.25. The van der Waals surface area contributed by atoms with Crippen LogP contribution in [0.5, 0.6) is 0 Å². The lowest BCUT2D eigenvalue weighted by Gasteiger charge is -2.19. The van der Waals surface area contributed by atoms with Gasteiger partial charge in [-0.15, -0.1) is 0 Å². The number of aromatic nitrogens is 1. The Hall–Kier alpha value is -1.90. The number of hydrogen-bond acceptors (Lipinski definition) is 5. The van der Waals surface area contributed by atoms with Gasteiger partial charge in [0, 0.05) is 25.9 Å². The van der Waals surface area contributed by atoms with Crippen molar-refractivity contribution in [1.82, 2.24) is 9.88 Å². The topological polar surface area (TPSA) is 62.5 Å². The maximum Gasteiger partial charge on any atom is 0.418 e. The van der Waals surface area contributed by atoms with Crippen molar-refractivity contribution in [2.45, 2.75) is 12.6 Å². The number of hydrogen-bond donors (Lipinski definition) is 0. The van der Waals surface area contributed by atoms with Gasteiger partial charge in [0.15, 0.2) is 0 Å². The van der Waals surface area contributed by atoms with Crippen LogP contribution in [-0.2, 0) is 6.18 Å². The first kappa shape index (κ1) is 17.2.